The molecule has 1 aliphatic carbocycles. The average Bonchev–Trinajstić information content (AvgIpc) is 3.38. The van der Waals surface area contributed by atoms with Gasteiger partial charge in [0.2, 0.25) is 0 Å². The van der Waals surface area contributed by atoms with Crippen LogP contribution in [-0.4, -0.2) is 25.1 Å². The number of nitrogens with two attached hydrogens (primary N) is 2. The molecule has 4 N–H and O–H groups in total. The number of para-hydroxylation sites is 1. The van der Waals surface area contributed by atoms with Crippen LogP contribution in [0.3, 0.4) is 0 Å². The normalized spacial score (nSPS) is 17.0. The standard InChI is InChI=1S/C31H27N7O2/c32-17-19-6-8-22(9-7-19)26-16-25(28-29(33)35-18-36-38(26)28)21-12-10-20(11-13-21)24-14-15-37(23-4-2-1-3-5-23)31(40)27(24)30(34)39/h1-5,10-16,18-19,22H,6-9H2,(H2,34,39)(H2,33,35,36)/t19-,22+. The lowest BCUT2D eigenvalue weighted by Crippen LogP contribution is -2.29. The first-order valence-corrected chi connectivity index (χ1v) is 13.2. The third-order valence-electron chi connectivity index (χ3n) is 7.82. The Balaban J connectivity index is 1.40. The van der Waals surface area contributed by atoms with Crippen molar-refractivity contribution in [1.29, 1.82) is 5.26 Å². The molecular weight excluding hydrogens is 502 g/mol. The van der Waals surface area contributed by atoms with Crippen molar-refractivity contribution >= 4 is 17.2 Å². The molecule has 3 aromatic heterocycles. The van der Waals surface area contributed by atoms with Crippen LogP contribution in [0.1, 0.15) is 47.7 Å². The van der Waals surface area contributed by atoms with Crippen molar-refractivity contribution in [3.8, 4) is 34.0 Å². The van der Waals surface area contributed by atoms with Crippen LogP contribution >= 0.6 is 0 Å². The van der Waals surface area contributed by atoms with Gasteiger partial charge in [-0.3, -0.25) is 14.2 Å². The summed E-state index contributed by atoms with van der Waals surface area (Å²) in [4.78, 5) is 29.9. The summed E-state index contributed by atoms with van der Waals surface area (Å²) in [5.74, 6) is -0.0250. The molecule has 1 saturated carbocycles. The highest BCUT2D eigenvalue weighted by atomic mass is 16.2. The van der Waals surface area contributed by atoms with E-state index < -0.39 is 11.5 Å². The number of amides is 1. The van der Waals surface area contributed by atoms with Gasteiger partial charge in [0.05, 0.1) is 6.07 Å². The predicted octanol–water partition coefficient (Wildman–Crippen LogP) is 4.69. The third-order valence-corrected chi connectivity index (χ3v) is 7.82. The SMILES string of the molecule is N#C[C@H]1CC[C@@H](c2cc(-c3ccc(-c4ccn(-c5ccccc5)c(=O)c4C(N)=O)cc3)c3c(N)ncnn32)CC1. The van der Waals surface area contributed by atoms with E-state index in [0.29, 0.717) is 22.6 Å². The molecule has 0 radical (unpaired) electrons. The van der Waals surface area contributed by atoms with Crippen LogP contribution in [0.15, 0.2) is 84.0 Å². The molecule has 1 amide bonds. The number of nitrogens with zero attached hydrogens (tertiary/aromatic N) is 5. The van der Waals surface area contributed by atoms with Crippen LogP contribution in [0.5, 0.6) is 0 Å². The zero-order valence-electron chi connectivity index (χ0n) is 21.7. The molecule has 0 bridgehead atoms. The van der Waals surface area contributed by atoms with Crippen LogP contribution in [0.4, 0.5) is 5.82 Å². The number of primary amides is 1. The van der Waals surface area contributed by atoms with Crippen molar-refractivity contribution in [3.05, 3.63) is 101 Å². The molecule has 2 aromatic carbocycles. The first-order valence-electron chi connectivity index (χ1n) is 13.2. The molecule has 9 nitrogen and oxygen atoms in total. The first-order chi connectivity index (χ1) is 19.5. The summed E-state index contributed by atoms with van der Waals surface area (Å²) in [6, 6.07) is 22.9. The van der Waals surface area contributed by atoms with Crippen LogP contribution in [0.2, 0.25) is 0 Å². The van der Waals surface area contributed by atoms with Crippen LogP contribution in [-0.2, 0) is 0 Å². The Bertz CT molecular complexity index is 1820. The zero-order valence-corrected chi connectivity index (χ0v) is 21.7. The van der Waals surface area contributed by atoms with Gasteiger partial charge in [-0.05, 0) is 61.1 Å². The van der Waals surface area contributed by atoms with E-state index in [0.717, 1.165) is 48.0 Å². The van der Waals surface area contributed by atoms with Gasteiger partial charge in [0.15, 0.2) is 5.82 Å². The van der Waals surface area contributed by atoms with Crippen molar-refractivity contribution in [2.45, 2.75) is 31.6 Å². The number of hydrogen-bond donors (Lipinski definition) is 2. The summed E-state index contributed by atoms with van der Waals surface area (Å²) in [7, 11) is 0. The number of nitriles is 1. The Morgan fingerprint density at radius 2 is 1.62 bits per heavy atom. The lowest BCUT2D eigenvalue weighted by atomic mass is 9.81. The summed E-state index contributed by atoms with van der Waals surface area (Å²) in [6.07, 6.45) is 6.67. The number of carbonyl (C=O) groups excluding carboxylic acids is 1. The fraction of sp³-hybridized carbons (Fsp3) is 0.194. The molecule has 6 rings (SSSR count). The predicted molar refractivity (Wildman–Crippen MR) is 153 cm³/mol. The maximum atomic E-state index is 13.3. The quantitative estimate of drug-likeness (QED) is 0.338. The fourth-order valence-electron chi connectivity index (χ4n) is 5.76. The lowest BCUT2D eigenvalue weighted by molar-refractivity contribution is 0.0999. The maximum Gasteiger partial charge on any atom is 0.268 e. The second kappa shape index (κ2) is 10.2. The first kappa shape index (κ1) is 25.1. The van der Waals surface area contributed by atoms with E-state index in [1.54, 1.807) is 24.4 Å². The van der Waals surface area contributed by atoms with Crippen molar-refractivity contribution in [3.63, 3.8) is 0 Å². The molecule has 3 heterocycles. The summed E-state index contributed by atoms with van der Waals surface area (Å²) < 4.78 is 3.29. The summed E-state index contributed by atoms with van der Waals surface area (Å²) in [5.41, 5.74) is 16.9. The van der Waals surface area contributed by atoms with Crippen LogP contribution < -0.4 is 17.0 Å². The number of rotatable bonds is 5. The van der Waals surface area contributed by atoms with Crippen molar-refractivity contribution in [2.75, 3.05) is 5.73 Å². The van der Waals surface area contributed by atoms with Gasteiger partial charge in [-0.25, -0.2) is 9.50 Å². The highest BCUT2D eigenvalue weighted by molar-refractivity contribution is 5.99. The summed E-state index contributed by atoms with van der Waals surface area (Å²) >= 11 is 0. The van der Waals surface area contributed by atoms with Gasteiger partial charge in [0, 0.05) is 40.5 Å². The van der Waals surface area contributed by atoms with E-state index in [2.05, 4.69) is 22.2 Å². The molecule has 5 aromatic rings. The minimum Gasteiger partial charge on any atom is -0.382 e. The highest BCUT2D eigenvalue weighted by Crippen LogP contribution is 2.40. The van der Waals surface area contributed by atoms with Gasteiger partial charge < -0.3 is 11.5 Å². The number of nitrogen functional groups attached to an aromatic ring is 1. The Morgan fingerprint density at radius 3 is 2.27 bits per heavy atom. The minimum atomic E-state index is -0.784. The average molecular weight is 530 g/mol. The number of hydrogen-bond acceptors (Lipinski definition) is 6. The smallest absolute Gasteiger partial charge is 0.268 e. The van der Waals surface area contributed by atoms with Crippen molar-refractivity contribution in [2.24, 2.45) is 11.7 Å². The molecule has 9 heteroatoms. The van der Waals surface area contributed by atoms with E-state index in [1.165, 1.54) is 10.9 Å². The maximum absolute atomic E-state index is 13.3. The van der Waals surface area contributed by atoms with Gasteiger partial charge in [0.25, 0.3) is 11.5 Å². The zero-order chi connectivity index (χ0) is 27.8. The van der Waals surface area contributed by atoms with Crippen molar-refractivity contribution in [1.82, 2.24) is 19.2 Å². The number of aromatic nitrogens is 4. The monoisotopic (exact) mass is 529 g/mol. The number of anilines is 1. The second-order valence-corrected chi connectivity index (χ2v) is 10.1. The van der Waals surface area contributed by atoms with E-state index >= 15 is 0 Å². The van der Waals surface area contributed by atoms with Gasteiger partial charge in [0.1, 0.15) is 17.4 Å². The number of carbonyl (C=O) groups is 1. The molecule has 198 valence electrons. The minimum absolute atomic E-state index is 0.0682. The van der Waals surface area contributed by atoms with E-state index in [9.17, 15) is 14.9 Å². The molecule has 40 heavy (non-hydrogen) atoms. The molecule has 0 saturated heterocycles. The Labute approximate surface area is 230 Å². The molecule has 1 fully saturated rings. The molecule has 0 spiro atoms. The molecule has 1 aliphatic rings. The Hall–Kier alpha value is -5.23. The van der Waals surface area contributed by atoms with E-state index in [1.807, 2.05) is 47.0 Å². The number of benzene rings is 2. The van der Waals surface area contributed by atoms with Crippen LogP contribution in [0.25, 0.3) is 33.5 Å². The highest BCUT2D eigenvalue weighted by Gasteiger charge is 2.27. The summed E-state index contributed by atoms with van der Waals surface area (Å²) in [6.45, 7) is 0. The molecule has 0 aliphatic heterocycles. The van der Waals surface area contributed by atoms with Gasteiger partial charge in [-0.2, -0.15) is 10.4 Å². The lowest BCUT2D eigenvalue weighted by Gasteiger charge is -2.24. The third kappa shape index (κ3) is 4.29. The Kier molecular flexibility index (Phi) is 6.36. The molecular formula is C31H27N7O2. The fourth-order valence-corrected chi connectivity index (χ4v) is 5.76. The molecule has 0 atom stereocenters. The van der Waals surface area contributed by atoms with E-state index in [-0.39, 0.29) is 17.4 Å². The molecule has 0 unspecified atom stereocenters. The Morgan fingerprint density at radius 1 is 0.950 bits per heavy atom. The largest absolute Gasteiger partial charge is 0.382 e. The van der Waals surface area contributed by atoms with Gasteiger partial charge >= 0.3 is 0 Å². The van der Waals surface area contributed by atoms with Crippen molar-refractivity contribution < 1.29 is 4.79 Å². The second-order valence-electron chi connectivity index (χ2n) is 10.1. The number of fused-ring (bicyclic) bond motifs is 1. The van der Waals surface area contributed by atoms with Gasteiger partial charge in [-0.1, -0.05) is 42.5 Å². The summed E-state index contributed by atoms with van der Waals surface area (Å²) in [5, 5.41) is 13.8. The van der Waals surface area contributed by atoms with Crippen LogP contribution in [0, 0.1) is 17.2 Å². The van der Waals surface area contributed by atoms with E-state index in [4.69, 9.17) is 11.5 Å². The topological polar surface area (TPSA) is 145 Å². The van der Waals surface area contributed by atoms with Gasteiger partial charge in [-0.15, -0.1) is 0 Å². The number of pyridine rings is 1.